The Hall–Kier alpha value is -1.82. The lowest BCUT2D eigenvalue weighted by Crippen LogP contribution is -2.64. The second kappa shape index (κ2) is 10.6. The molecule has 2 fully saturated rings. The molecule has 6 atom stereocenters. The lowest BCUT2D eigenvalue weighted by atomic mass is 9.97. The van der Waals surface area contributed by atoms with Crippen LogP contribution in [0.5, 0.6) is 5.75 Å². The molecule has 0 radical (unpaired) electrons. The van der Waals surface area contributed by atoms with Crippen LogP contribution in [0.25, 0.3) is 0 Å². The summed E-state index contributed by atoms with van der Waals surface area (Å²) in [5.74, 6) is -1.50. The van der Waals surface area contributed by atoms with E-state index < -0.39 is 58.6 Å². The summed E-state index contributed by atoms with van der Waals surface area (Å²) in [5, 5.41) is 7.85. The molecule has 10 nitrogen and oxygen atoms in total. The zero-order chi connectivity index (χ0) is 24.3. The van der Waals surface area contributed by atoms with Crippen LogP contribution in [-0.4, -0.2) is 66.1 Å². The second-order valence-electron chi connectivity index (χ2n) is 7.17. The largest absolute Gasteiger partial charge is 0.497 e. The maximum Gasteiger partial charge on any atom is 0.303 e. The van der Waals surface area contributed by atoms with Crippen molar-refractivity contribution in [3.63, 3.8) is 0 Å². The Morgan fingerprint density at radius 3 is 2.15 bits per heavy atom. The average Bonchev–Trinajstić information content (AvgIpc) is 2.74. The van der Waals surface area contributed by atoms with E-state index in [0.29, 0.717) is 11.3 Å². The van der Waals surface area contributed by atoms with E-state index in [0.717, 1.165) is 6.92 Å². The van der Waals surface area contributed by atoms with Crippen LogP contribution in [0.1, 0.15) is 25.7 Å². The smallest absolute Gasteiger partial charge is 0.303 e. The number of methoxy groups -OCH3 is 1. The molecule has 0 spiro atoms. The summed E-state index contributed by atoms with van der Waals surface area (Å²) in [5.41, 5.74) is 0.677. The minimum atomic E-state index is -2.20. The molecule has 0 amide bonds. The number of rotatable bonds is 5. The molecule has 3 rings (SSSR count). The van der Waals surface area contributed by atoms with Gasteiger partial charge in [0.25, 0.3) is 3.79 Å². The predicted octanol–water partition coefficient (Wildman–Crippen LogP) is 3.06. The maximum absolute atomic E-state index is 11.9. The monoisotopic (exact) mass is 525 g/mol. The molecule has 2 aliphatic rings. The summed E-state index contributed by atoms with van der Waals surface area (Å²) in [6.07, 6.45) is -6.47. The van der Waals surface area contributed by atoms with E-state index in [9.17, 15) is 9.59 Å². The normalized spacial score (nSPS) is 29.4. The first-order valence-electron chi connectivity index (χ1n) is 9.73. The highest BCUT2D eigenvalue weighted by molar-refractivity contribution is 6.76. The molecule has 2 heterocycles. The molecule has 0 aromatic heterocycles. The number of ether oxygens (including phenoxy) is 7. The topological polar surface area (TPSA) is 123 Å². The zero-order valence-electron chi connectivity index (χ0n) is 17.8. The molecule has 1 aromatic carbocycles. The quantitative estimate of drug-likeness (QED) is 0.267. The number of alkyl halides is 3. The van der Waals surface area contributed by atoms with Crippen LogP contribution in [0.4, 0.5) is 0 Å². The molecular formula is C20H22Cl3NO9. The number of fused-ring (bicyclic) bond motifs is 1. The molecule has 1 N–H and O–H groups in total. The van der Waals surface area contributed by atoms with Crippen LogP contribution in [-0.2, 0) is 38.0 Å². The number of hydrogen-bond donors (Lipinski definition) is 1. The van der Waals surface area contributed by atoms with Crippen molar-refractivity contribution in [1.29, 1.82) is 5.41 Å². The minimum absolute atomic E-state index is 0.00683. The van der Waals surface area contributed by atoms with Gasteiger partial charge >= 0.3 is 11.9 Å². The third-order valence-electron chi connectivity index (χ3n) is 4.77. The predicted molar refractivity (Wildman–Crippen MR) is 115 cm³/mol. The fourth-order valence-electron chi connectivity index (χ4n) is 3.40. The van der Waals surface area contributed by atoms with Crippen molar-refractivity contribution in [2.24, 2.45) is 0 Å². The Labute approximate surface area is 204 Å². The molecule has 0 saturated carbocycles. The van der Waals surface area contributed by atoms with Gasteiger partial charge in [0.05, 0.1) is 13.7 Å². The first-order chi connectivity index (χ1) is 15.5. The zero-order valence-corrected chi connectivity index (χ0v) is 20.1. The van der Waals surface area contributed by atoms with Crippen molar-refractivity contribution >= 4 is 52.6 Å². The van der Waals surface area contributed by atoms with Gasteiger partial charge in [-0.2, -0.15) is 0 Å². The number of halogens is 3. The summed E-state index contributed by atoms with van der Waals surface area (Å²) < 4.78 is 36.7. The van der Waals surface area contributed by atoms with E-state index >= 15 is 0 Å². The molecule has 0 unspecified atom stereocenters. The van der Waals surface area contributed by atoms with Crippen LogP contribution in [0.2, 0.25) is 0 Å². The summed E-state index contributed by atoms with van der Waals surface area (Å²) >= 11 is 17.1. The van der Waals surface area contributed by atoms with Crippen molar-refractivity contribution in [1.82, 2.24) is 0 Å². The number of nitrogens with one attached hydrogen (secondary N) is 1. The van der Waals surface area contributed by atoms with E-state index in [2.05, 4.69) is 0 Å². The van der Waals surface area contributed by atoms with Gasteiger partial charge in [0, 0.05) is 19.4 Å². The van der Waals surface area contributed by atoms with Crippen LogP contribution in [0.15, 0.2) is 24.3 Å². The number of esters is 2. The van der Waals surface area contributed by atoms with Gasteiger partial charge in [0.1, 0.15) is 18.0 Å². The standard InChI is InChI=1S/C20H22Cl3NO9/c1-9(25)29-15-14-13(8-28-17(32-14)11-4-6-12(27-3)7-5-11)31-18(16(15)30-10(2)26)33-19(24)20(21,22)23/h4-7,13-18,24H,8H2,1-3H3/t13-,14-,15+,16-,17-,18-/m1/s1. The Balaban J connectivity index is 1.88. The summed E-state index contributed by atoms with van der Waals surface area (Å²) in [7, 11) is 1.55. The molecule has 2 saturated heterocycles. The van der Waals surface area contributed by atoms with Crippen LogP contribution in [0.3, 0.4) is 0 Å². The van der Waals surface area contributed by atoms with E-state index in [1.54, 1.807) is 31.4 Å². The second-order valence-corrected chi connectivity index (χ2v) is 9.46. The number of hydrogen-bond acceptors (Lipinski definition) is 10. The highest BCUT2D eigenvalue weighted by Crippen LogP contribution is 2.38. The maximum atomic E-state index is 11.9. The van der Waals surface area contributed by atoms with Crippen molar-refractivity contribution in [3.8, 4) is 5.75 Å². The molecule has 13 heteroatoms. The molecule has 2 aliphatic heterocycles. The molecule has 182 valence electrons. The van der Waals surface area contributed by atoms with E-state index in [1.807, 2.05) is 0 Å². The van der Waals surface area contributed by atoms with Crippen LogP contribution in [0, 0.1) is 5.41 Å². The van der Waals surface area contributed by atoms with Gasteiger partial charge in [-0.3, -0.25) is 15.0 Å². The Morgan fingerprint density at radius 2 is 1.61 bits per heavy atom. The van der Waals surface area contributed by atoms with E-state index in [4.69, 9.17) is 73.4 Å². The van der Waals surface area contributed by atoms with Gasteiger partial charge in [-0.25, -0.2) is 0 Å². The van der Waals surface area contributed by atoms with Gasteiger partial charge in [0.2, 0.25) is 18.3 Å². The molecule has 33 heavy (non-hydrogen) atoms. The SMILES string of the molecule is COc1ccc([C@@H]2OC[C@H]3O[C@H](OC(=N)C(Cl)(Cl)Cl)[C@H](OC(C)=O)[C@@H](OC(C)=O)[C@@H]3O2)cc1. The van der Waals surface area contributed by atoms with E-state index in [1.165, 1.54) is 6.92 Å². The van der Waals surface area contributed by atoms with Gasteiger partial charge in [0.15, 0.2) is 12.4 Å². The number of benzene rings is 1. The first kappa shape index (κ1) is 25.8. The highest BCUT2D eigenvalue weighted by Gasteiger charge is 2.55. The Morgan fingerprint density at radius 1 is 1.00 bits per heavy atom. The third-order valence-corrected chi connectivity index (χ3v) is 5.28. The van der Waals surface area contributed by atoms with Gasteiger partial charge in [-0.05, 0) is 12.1 Å². The number of carbonyl (C=O) groups is 2. The van der Waals surface area contributed by atoms with Gasteiger partial charge in [-0.15, -0.1) is 0 Å². The van der Waals surface area contributed by atoms with Crippen LogP contribution >= 0.6 is 34.8 Å². The summed E-state index contributed by atoms with van der Waals surface area (Å²) in [6, 6.07) is 6.99. The fourth-order valence-corrected chi connectivity index (χ4v) is 3.53. The Bertz CT molecular complexity index is 877. The van der Waals surface area contributed by atoms with E-state index in [-0.39, 0.29) is 6.61 Å². The third kappa shape index (κ3) is 6.40. The van der Waals surface area contributed by atoms with Crippen molar-refractivity contribution in [2.75, 3.05) is 13.7 Å². The average molecular weight is 527 g/mol. The summed E-state index contributed by atoms with van der Waals surface area (Å²) in [4.78, 5) is 23.7. The lowest BCUT2D eigenvalue weighted by Gasteiger charge is -2.47. The van der Waals surface area contributed by atoms with Gasteiger partial charge in [-0.1, -0.05) is 46.9 Å². The summed E-state index contributed by atoms with van der Waals surface area (Å²) in [6.45, 7) is 2.35. The molecule has 1 aromatic rings. The highest BCUT2D eigenvalue weighted by atomic mass is 35.6. The molecule has 0 aliphatic carbocycles. The van der Waals surface area contributed by atoms with Crippen molar-refractivity contribution in [2.45, 2.75) is 54.6 Å². The number of carbonyl (C=O) groups excluding carboxylic acids is 2. The lowest BCUT2D eigenvalue weighted by molar-refractivity contribution is -0.353. The fraction of sp³-hybridized carbons (Fsp3) is 0.550. The Kier molecular flexibility index (Phi) is 8.31. The van der Waals surface area contributed by atoms with Crippen molar-refractivity contribution < 1.29 is 42.7 Å². The van der Waals surface area contributed by atoms with Crippen molar-refractivity contribution in [3.05, 3.63) is 29.8 Å². The first-order valence-corrected chi connectivity index (χ1v) is 10.9. The van der Waals surface area contributed by atoms with Crippen LogP contribution < -0.4 is 4.74 Å². The van der Waals surface area contributed by atoms with Gasteiger partial charge < -0.3 is 33.2 Å². The minimum Gasteiger partial charge on any atom is -0.497 e. The molecular weight excluding hydrogens is 505 g/mol. The molecule has 0 bridgehead atoms.